The molecule has 4 N–H and O–H groups in total. The molecule has 2 aliphatic heterocycles. The lowest BCUT2D eigenvalue weighted by molar-refractivity contribution is -0.117. The normalized spacial score (nSPS) is 24.4. The predicted octanol–water partition coefficient (Wildman–Crippen LogP) is -0.630. The smallest absolute Gasteiger partial charge is 0.326 e. The van der Waals surface area contributed by atoms with Crippen molar-refractivity contribution in [3.05, 3.63) is 23.0 Å². The van der Waals surface area contributed by atoms with Crippen LogP contribution in [-0.4, -0.2) is 63.2 Å². The molecule has 28 heavy (non-hydrogen) atoms. The van der Waals surface area contributed by atoms with Gasteiger partial charge in [-0.1, -0.05) is 0 Å². The highest BCUT2D eigenvalue weighted by Gasteiger charge is 2.39. The molecule has 1 aliphatic carbocycles. The molecule has 0 aromatic heterocycles. The zero-order valence-electron chi connectivity index (χ0n) is 15.4. The molecule has 1 unspecified atom stereocenters. The Kier molecular flexibility index (Phi) is 5.17. The minimum Gasteiger partial charge on any atom is -0.506 e. The number of phenolic OH excluding ortho intramolecular Hbond substituents is 1. The highest BCUT2D eigenvalue weighted by Crippen LogP contribution is 2.39. The zero-order valence-corrected chi connectivity index (χ0v) is 16.2. The number of amides is 1. The highest BCUT2D eigenvalue weighted by atomic mass is 32.2. The first-order valence-corrected chi connectivity index (χ1v) is 10.9. The molecule has 154 valence electrons. The van der Waals surface area contributed by atoms with Crippen molar-refractivity contribution in [2.45, 2.75) is 31.7 Å². The SMILES string of the molecule is O=C1CN(c2c(O)cc3c(c2F)CC(NCCN2CCCN2)CC3)S(=O)(=O)N1. The van der Waals surface area contributed by atoms with E-state index in [1.54, 1.807) is 4.72 Å². The molecule has 0 radical (unpaired) electrons. The first kappa shape index (κ1) is 19.4. The largest absolute Gasteiger partial charge is 0.506 e. The van der Waals surface area contributed by atoms with Crippen LogP contribution < -0.4 is 19.8 Å². The Bertz CT molecular complexity index is 888. The van der Waals surface area contributed by atoms with Crippen LogP contribution in [0.25, 0.3) is 0 Å². The van der Waals surface area contributed by atoms with E-state index in [0.29, 0.717) is 28.3 Å². The molecule has 1 aromatic carbocycles. The molecule has 3 aliphatic rings. The van der Waals surface area contributed by atoms with E-state index in [-0.39, 0.29) is 6.04 Å². The van der Waals surface area contributed by atoms with E-state index in [4.69, 9.17) is 0 Å². The molecule has 9 nitrogen and oxygen atoms in total. The lowest BCUT2D eigenvalue weighted by atomic mass is 9.87. The number of nitrogens with one attached hydrogen (secondary N) is 3. The number of halogens is 1. The van der Waals surface area contributed by atoms with Gasteiger partial charge in [0.25, 0.3) is 5.91 Å². The molecular weight excluding hydrogens is 389 g/mol. The fourth-order valence-electron chi connectivity index (χ4n) is 4.08. The van der Waals surface area contributed by atoms with Crippen LogP contribution in [0, 0.1) is 5.82 Å². The maximum Gasteiger partial charge on any atom is 0.326 e. The number of aromatic hydroxyl groups is 1. The van der Waals surface area contributed by atoms with Gasteiger partial charge in [0.1, 0.15) is 18.0 Å². The Balaban J connectivity index is 1.51. The second-order valence-corrected chi connectivity index (χ2v) is 8.97. The Morgan fingerprint density at radius 1 is 1.39 bits per heavy atom. The van der Waals surface area contributed by atoms with Crippen molar-refractivity contribution in [2.75, 3.05) is 37.0 Å². The Hall–Kier alpha value is -1.95. The number of benzene rings is 1. The summed E-state index contributed by atoms with van der Waals surface area (Å²) in [6.07, 6.45) is 2.92. The summed E-state index contributed by atoms with van der Waals surface area (Å²) in [5.41, 5.74) is 3.89. The van der Waals surface area contributed by atoms with Crippen LogP contribution in [0.3, 0.4) is 0 Å². The number of phenols is 1. The number of nitrogens with zero attached hydrogens (tertiary/aromatic N) is 2. The number of carbonyl (C=O) groups is 1. The van der Waals surface area contributed by atoms with E-state index in [1.807, 2.05) is 0 Å². The van der Waals surface area contributed by atoms with Gasteiger partial charge in [0, 0.05) is 32.2 Å². The fourth-order valence-corrected chi connectivity index (χ4v) is 5.24. The zero-order chi connectivity index (χ0) is 19.9. The molecule has 1 atom stereocenters. The third-order valence-electron chi connectivity index (χ3n) is 5.45. The summed E-state index contributed by atoms with van der Waals surface area (Å²) in [5.74, 6) is -2.00. The average Bonchev–Trinajstić information content (AvgIpc) is 3.23. The van der Waals surface area contributed by atoms with E-state index >= 15 is 4.39 Å². The predicted molar refractivity (Wildman–Crippen MR) is 100 cm³/mol. The molecule has 2 heterocycles. The number of hydrogen-bond acceptors (Lipinski definition) is 7. The Labute approximate surface area is 163 Å². The molecule has 11 heteroatoms. The van der Waals surface area contributed by atoms with E-state index in [1.165, 1.54) is 6.07 Å². The van der Waals surface area contributed by atoms with E-state index in [2.05, 4.69) is 15.8 Å². The second kappa shape index (κ2) is 7.47. The Morgan fingerprint density at radius 2 is 2.21 bits per heavy atom. The van der Waals surface area contributed by atoms with Crippen molar-refractivity contribution in [1.82, 2.24) is 20.5 Å². The summed E-state index contributed by atoms with van der Waals surface area (Å²) in [6, 6.07) is 1.48. The third-order valence-corrected chi connectivity index (χ3v) is 6.83. The number of rotatable bonds is 5. The first-order chi connectivity index (χ1) is 13.3. The van der Waals surface area contributed by atoms with Crippen LogP contribution in [-0.2, 0) is 27.8 Å². The lowest BCUT2D eigenvalue weighted by Gasteiger charge is -2.29. The van der Waals surface area contributed by atoms with Crippen LogP contribution in [0.1, 0.15) is 24.0 Å². The molecule has 1 aromatic rings. The van der Waals surface area contributed by atoms with Crippen LogP contribution in [0.2, 0.25) is 0 Å². The topological polar surface area (TPSA) is 114 Å². The summed E-state index contributed by atoms with van der Waals surface area (Å²) in [4.78, 5) is 11.5. The fraction of sp³-hybridized carbons (Fsp3) is 0.588. The van der Waals surface area contributed by atoms with Crippen LogP contribution in [0.15, 0.2) is 6.07 Å². The quantitative estimate of drug-likeness (QED) is 0.508. The minimum atomic E-state index is -4.19. The summed E-state index contributed by atoms with van der Waals surface area (Å²) in [7, 11) is -4.19. The molecule has 2 saturated heterocycles. The Morgan fingerprint density at radius 3 is 2.89 bits per heavy atom. The standard InChI is InChI=1S/C17H24FN5O4S/c18-16-13-9-12(19-5-7-22-6-1-4-20-22)3-2-11(13)8-14(24)17(16)23-10-15(25)21-28(23,26)27/h8,12,19-20,24H,1-7,9-10H2,(H,21,25). The van der Waals surface area contributed by atoms with Gasteiger partial charge in [-0.25, -0.2) is 18.4 Å². The van der Waals surface area contributed by atoms with Crippen molar-refractivity contribution in [3.8, 4) is 5.75 Å². The summed E-state index contributed by atoms with van der Waals surface area (Å²) in [6.45, 7) is 3.08. The van der Waals surface area contributed by atoms with E-state index < -0.39 is 39.9 Å². The van der Waals surface area contributed by atoms with Crippen LogP contribution in [0.5, 0.6) is 5.75 Å². The van der Waals surface area contributed by atoms with Gasteiger partial charge in [-0.2, -0.15) is 8.42 Å². The monoisotopic (exact) mass is 413 g/mol. The van der Waals surface area contributed by atoms with Gasteiger partial charge >= 0.3 is 10.2 Å². The first-order valence-electron chi connectivity index (χ1n) is 9.43. The second-order valence-electron chi connectivity index (χ2n) is 7.38. The number of hydrazine groups is 1. The van der Waals surface area contributed by atoms with Crippen molar-refractivity contribution >= 4 is 21.8 Å². The molecule has 2 fully saturated rings. The van der Waals surface area contributed by atoms with Gasteiger partial charge in [0.15, 0.2) is 5.82 Å². The van der Waals surface area contributed by atoms with Gasteiger partial charge in [-0.15, -0.1) is 0 Å². The number of fused-ring (bicyclic) bond motifs is 1. The van der Waals surface area contributed by atoms with Gasteiger partial charge in [-0.3, -0.25) is 10.2 Å². The summed E-state index contributed by atoms with van der Waals surface area (Å²) < 4.78 is 41.8. The van der Waals surface area contributed by atoms with Crippen molar-refractivity contribution in [1.29, 1.82) is 0 Å². The molecule has 1 amide bonds. The minimum absolute atomic E-state index is 0.0666. The van der Waals surface area contributed by atoms with Crippen LogP contribution in [0.4, 0.5) is 10.1 Å². The maximum atomic E-state index is 15.2. The van der Waals surface area contributed by atoms with Crippen molar-refractivity contribution < 1.29 is 22.7 Å². The molecule has 0 saturated carbocycles. The van der Waals surface area contributed by atoms with Gasteiger partial charge in [0.05, 0.1) is 0 Å². The van der Waals surface area contributed by atoms with E-state index in [9.17, 15) is 18.3 Å². The molecular formula is C17H24FN5O4S. The molecule has 0 bridgehead atoms. The van der Waals surface area contributed by atoms with E-state index in [0.717, 1.165) is 39.0 Å². The molecule has 4 rings (SSSR count). The van der Waals surface area contributed by atoms with Gasteiger partial charge < -0.3 is 10.4 Å². The van der Waals surface area contributed by atoms with Crippen LogP contribution >= 0.6 is 0 Å². The number of aryl methyl sites for hydroxylation is 1. The van der Waals surface area contributed by atoms with Crippen molar-refractivity contribution in [3.63, 3.8) is 0 Å². The van der Waals surface area contributed by atoms with Gasteiger partial charge in [0.2, 0.25) is 0 Å². The molecule has 0 spiro atoms. The van der Waals surface area contributed by atoms with Crippen molar-refractivity contribution in [2.24, 2.45) is 0 Å². The maximum absolute atomic E-state index is 15.2. The third kappa shape index (κ3) is 3.66. The summed E-state index contributed by atoms with van der Waals surface area (Å²) >= 11 is 0. The van der Waals surface area contributed by atoms with Gasteiger partial charge in [-0.05, 0) is 42.9 Å². The average molecular weight is 413 g/mol. The number of anilines is 1. The lowest BCUT2D eigenvalue weighted by Crippen LogP contribution is -2.42. The number of hydrogen-bond donors (Lipinski definition) is 4. The highest BCUT2D eigenvalue weighted by molar-refractivity contribution is 7.92. The summed E-state index contributed by atoms with van der Waals surface area (Å²) in [5, 5.41) is 15.8. The number of carbonyl (C=O) groups excluding carboxylic acids is 1.